The molecule has 0 aliphatic heterocycles. The van der Waals surface area contributed by atoms with E-state index in [1.165, 1.54) is 11.1 Å². The molecule has 0 aromatic heterocycles. The van der Waals surface area contributed by atoms with Crippen molar-refractivity contribution >= 4 is 0 Å². The second-order valence-electron chi connectivity index (χ2n) is 6.67. The molecule has 1 aromatic rings. The van der Waals surface area contributed by atoms with E-state index in [0.717, 1.165) is 25.9 Å². The summed E-state index contributed by atoms with van der Waals surface area (Å²) in [7, 11) is 1.74. The molecule has 0 heterocycles. The quantitative estimate of drug-likeness (QED) is 0.514. The van der Waals surface area contributed by atoms with Gasteiger partial charge in [-0.1, -0.05) is 45.0 Å². The van der Waals surface area contributed by atoms with Crippen LogP contribution in [0.3, 0.4) is 0 Å². The third-order valence-corrected chi connectivity index (χ3v) is 3.72. The molecule has 4 nitrogen and oxygen atoms in total. The molecule has 3 N–H and O–H groups in total. The first kappa shape index (κ1) is 19.1. The monoisotopic (exact) mass is 308 g/mol. The Hall–Kier alpha value is -0.940. The predicted molar refractivity (Wildman–Crippen MR) is 91.8 cm³/mol. The van der Waals surface area contributed by atoms with Crippen molar-refractivity contribution in [3.63, 3.8) is 0 Å². The zero-order chi connectivity index (χ0) is 16.4. The van der Waals surface area contributed by atoms with Gasteiger partial charge in [0, 0.05) is 20.3 Å². The highest BCUT2D eigenvalue weighted by molar-refractivity contribution is 5.29. The highest BCUT2D eigenvalue weighted by atomic mass is 16.6. The molecule has 0 spiro atoms. The van der Waals surface area contributed by atoms with Crippen LogP contribution in [0.25, 0.3) is 0 Å². The van der Waals surface area contributed by atoms with Gasteiger partial charge >= 0.3 is 0 Å². The second-order valence-corrected chi connectivity index (χ2v) is 6.67. The topological polar surface area (TPSA) is 56.5 Å². The Morgan fingerprint density at radius 2 is 1.77 bits per heavy atom. The summed E-state index contributed by atoms with van der Waals surface area (Å²) in [4.78, 5) is 5.45. The Morgan fingerprint density at radius 3 is 2.32 bits per heavy atom. The van der Waals surface area contributed by atoms with E-state index in [9.17, 15) is 0 Å². The van der Waals surface area contributed by atoms with Crippen LogP contribution >= 0.6 is 0 Å². The van der Waals surface area contributed by atoms with Crippen LogP contribution in [0.15, 0.2) is 24.3 Å². The van der Waals surface area contributed by atoms with Crippen molar-refractivity contribution in [3.8, 4) is 0 Å². The molecule has 0 fully saturated rings. The maximum atomic E-state index is 5.48. The highest BCUT2D eigenvalue weighted by Gasteiger charge is 2.15. The van der Waals surface area contributed by atoms with Gasteiger partial charge in [-0.2, -0.15) is 5.48 Å². The van der Waals surface area contributed by atoms with Gasteiger partial charge in [-0.15, -0.1) is 0 Å². The minimum Gasteiger partial charge on any atom is -0.385 e. The Labute approximate surface area is 135 Å². The van der Waals surface area contributed by atoms with E-state index < -0.39 is 0 Å². The van der Waals surface area contributed by atoms with E-state index >= 15 is 0 Å². The number of hydroxylamine groups is 1. The number of benzene rings is 1. The van der Waals surface area contributed by atoms with Crippen LogP contribution in [0.1, 0.15) is 57.2 Å². The molecule has 0 bridgehead atoms. The first-order valence-corrected chi connectivity index (χ1v) is 8.15. The van der Waals surface area contributed by atoms with Gasteiger partial charge in [0.1, 0.15) is 0 Å². The van der Waals surface area contributed by atoms with Gasteiger partial charge in [0.15, 0.2) is 0 Å². The summed E-state index contributed by atoms with van der Waals surface area (Å²) < 4.78 is 5.11. The molecule has 1 atom stereocenters. The van der Waals surface area contributed by atoms with Gasteiger partial charge in [-0.05, 0) is 35.8 Å². The number of methoxy groups -OCH3 is 1. The fourth-order valence-corrected chi connectivity index (χ4v) is 2.32. The maximum Gasteiger partial charge on any atom is 0.0804 e. The summed E-state index contributed by atoms with van der Waals surface area (Å²) in [6, 6.07) is 9.00. The molecule has 0 saturated carbocycles. The highest BCUT2D eigenvalue weighted by Crippen LogP contribution is 2.25. The Bertz CT molecular complexity index is 399. The normalized spacial score (nSPS) is 13.3. The molecule has 1 rings (SSSR count). The zero-order valence-corrected chi connectivity index (χ0v) is 14.5. The molecule has 0 radical (unpaired) electrons. The van der Waals surface area contributed by atoms with Crippen LogP contribution in [-0.4, -0.2) is 26.9 Å². The van der Waals surface area contributed by atoms with Crippen LogP contribution < -0.4 is 11.2 Å². The zero-order valence-electron chi connectivity index (χ0n) is 14.5. The summed E-state index contributed by atoms with van der Waals surface area (Å²) in [6.07, 6.45) is 3.17. The van der Waals surface area contributed by atoms with Crippen LogP contribution in [0, 0.1) is 0 Å². The van der Waals surface area contributed by atoms with Crippen molar-refractivity contribution in [2.45, 2.75) is 51.5 Å². The van der Waals surface area contributed by atoms with Crippen LogP contribution in [0.2, 0.25) is 0 Å². The average Bonchev–Trinajstić information content (AvgIpc) is 2.49. The van der Waals surface area contributed by atoms with Gasteiger partial charge in [0.25, 0.3) is 0 Å². The molecular weight excluding hydrogens is 276 g/mol. The SMILES string of the molecule is COCCCC[C@H](NOCCN)c1ccc(C(C)(C)C)cc1. The Kier molecular flexibility index (Phi) is 8.64. The number of rotatable bonds is 10. The molecule has 0 aliphatic rings. The van der Waals surface area contributed by atoms with Crippen LogP contribution in [-0.2, 0) is 15.0 Å². The average molecular weight is 308 g/mol. The lowest BCUT2D eigenvalue weighted by molar-refractivity contribution is 0.0173. The first-order valence-electron chi connectivity index (χ1n) is 8.15. The second kappa shape index (κ2) is 9.95. The number of nitrogens with two attached hydrogens (primary N) is 1. The summed E-state index contributed by atoms with van der Waals surface area (Å²) in [6.45, 7) is 8.53. The van der Waals surface area contributed by atoms with E-state index in [4.69, 9.17) is 15.3 Å². The third kappa shape index (κ3) is 6.88. The standard InChI is InChI=1S/C18H32N2O2/c1-18(2,3)16-10-8-15(9-11-16)17(20-22-14-12-19)7-5-6-13-21-4/h8-11,17,20H,5-7,12-14,19H2,1-4H3/t17-/m0/s1. The summed E-state index contributed by atoms with van der Waals surface area (Å²) in [5.41, 5.74) is 11.4. The first-order chi connectivity index (χ1) is 10.5. The molecule has 126 valence electrons. The van der Waals surface area contributed by atoms with Gasteiger partial charge in [0.2, 0.25) is 0 Å². The molecule has 1 aromatic carbocycles. The largest absolute Gasteiger partial charge is 0.385 e. The Morgan fingerprint density at radius 1 is 1.09 bits per heavy atom. The number of hydrogen-bond acceptors (Lipinski definition) is 4. The van der Waals surface area contributed by atoms with E-state index in [-0.39, 0.29) is 11.5 Å². The fraction of sp³-hybridized carbons (Fsp3) is 0.667. The smallest absolute Gasteiger partial charge is 0.0804 e. The molecule has 22 heavy (non-hydrogen) atoms. The lowest BCUT2D eigenvalue weighted by atomic mass is 9.86. The number of nitrogens with one attached hydrogen (secondary N) is 1. The molecular formula is C18H32N2O2. The van der Waals surface area contributed by atoms with Crippen LogP contribution in [0.5, 0.6) is 0 Å². The lowest BCUT2D eigenvalue weighted by Crippen LogP contribution is -2.25. The third-order valence-electron chi connectivity index (χ3n) is 3.72. The molecule has 0 amide bonds. The van der Waals surface area contributed by atoms with Crippen molar-refractivity contribution in [3.05, 3.63) is 35.4 Å². The van der Waals surface area contributed by atoms with Gasteiger partial charge in [-0.25, -0.2) is 0 Å². The summed E-state index contributed by atoms with van der Waals surface area (Å²) >= 11 is 0. The maximum absolute atomic E-state index is 5.48. The molecule has 0 aliphatic carbocycles. The number of unbranched alkanes of at least 4 members (excludes halogenated alkanes) is 1. The number of hydrogen-bond donors (Lipinski definition) is 2. The van der Waals surface area contributed by atoms with E-state index in [1.54, 1.807) is 7.11 Å². The minimum absolute atomic E-state index is 0.177. The van der Waals surface area contributed by atoms with E-state index in [0.29, 0.717) is 13.2 Å². The van der Waals surface area contributed by atoms with Gasteiger partial charge in [-0.3, -0.25) is 4.84 Å². The van der Waals surface area contributed by atoms with Crippen molar-refractivity contribution in [1.82, 2.24) is 5.48 Å². The summed E-state index contributed by atoms with van der Waals surface area (Å²) in [5.74, 6) is 0. The lowest BCUT2D eigenvalue weighted by Gasteiger charge is -2.22. The minimum atomic E-state index is 0.177. The summed E-state index contributed by atoms with van der Waals surface area (Å²) in [5, 5.41) is 0. The van der Waals surface area contributed by atoms with Crippen molar-refractivity contribution in [2.24, 2.45) is 5.73 Å². The number of ether oxygens (including phenoxy) is 1. The molecule has 4 heteroatoms. The predicted octanol–water partition coefficient (Wildman–Crippen LogP) is 3.32. The Balaban J connectivity index is 2.67. The molecule has 0 unspecified atom stereocenters. The van der Waals surface area contributed by atoms with Crippen molar-refractivity contribution in [2.75, 3.05) is 26.9 Å². The molecule has 0 saturated heterocycles. The van der Waals surface area contributed by atoms with Gasteiger partial charge in [0.05, 0.1) is 12.6 Å². The van der Waals surface area contributed by atoms with Crippen LogP contribution in [0.4, 0.5) is 0 Å². The van der Waals surface area contributed by atoms with E-state index in [1.807, 2.05) is 0 Å². The van der Waals surface area contributed by atoms with Crippen molar-refractivity contribution < 1.29 is 9.57 Å². The fourth-order valence-electron chi connectivity index (χ4n) is 2.32. The van der Waals surface area contributed by atoms with Gasteiger partial charge < -0.3 is 10.5 Å². The van der Waals surface area contributed by atoms with Crippen molar-refractivity contribution in [1.29, 1.82) is 0 Å². The van der Waals surface area contributed by atoms with E-state index in [2.05, 4.69) is 50.5 Å².